The molecule has 0 spiro atoms. The van der Waals surface area contributed by atoms with Crippen LogP contribution in [0.15, 0.2) is 12.1 Å². The molecule has 0 amide bonds. The van der Waals surface area contributed by atoms with Crippen LogP contribution in [0.1, 0.15) is 24.0 Å². The van der Waals surface area contributed by atoms with E-state index in [1.54, 1.807) is 0 Å². The molecule has 1 aliphatic heterocycles. The third-order valence-electron chi connectivity index (χ3n) is 3.28. The third kappa shape index (κ3) is 4.55. The Kier molecular flexibility index (Phi) is 4.88. The molecule has 23 heavy (non-hydrogen) atoms. The fourth-order valence-electron chi connectivity index (χ4n) is 2.46. The Morgan fingerprint density at radius 2 is 1.91 bits per heavy atom. The highest BCUT2D eigenvalue weighted by Gasteiger charge is 2.32. The first kappa shape index (κ1) is 18.0. The lowest BCUT2D eigenvalue weighted by Crippen LogP contribution is -2.12. The number of benzene rings is 1. The number of alkyl halides is 3. The predicted molar refractivity (Wildman–Crippen MR) is 81.1 cm³/mol. The van der Waals surface area contributed by atoms with Crippen molar-refractivity contribution in [3.8, 4) is 0 Å². The minimum atomic E-state index is -4.31. The minimum absolute atomic E-state index is 0.340. The molecule has 2 heterocycles. The van der Waals surface area contributed by atoms with Crippen LogP contribution in [0.25, 0.3) is 10.2 Å². The number of rotatable bonds is 0. The molecule has 10 heteroatoms. The molecule has 1 aromatic carbocycles. The topological polar surface area (TPSA) is 83.2 Å². The summed E-state index contributed by atoms with van der Waals surface area (Å²) in [5, 5.41) is 7.85. The van der Waals surface area contributed by atoms with Gasteiger partial charge in [-0.1, -0.05) is 11.3 Å². The molecule has 3 rings (SSSR count). The summed E-state index contributed by atoms with van der Waals surface area (Å²) in [6.45, 7) is 0.733. The van der Waals surface area contributed by atoms with Crippen molar-refractivity contribution in [3.05, 3.63) is 28.1 Å². The van der Waals surface area contributed by atoms with Crippen LogP contribution in [0.5, 0.6) is 0 Å². The monoisotopic (exact) mass is 368 g/mol. The van der Waals surface area contributed by atoms with Crippen molar-refractivity contribution >= 4 is 31.7 Å². The van der Waals surface area contributed by atoms with E-state index in [0.717, 1.165) is 41.8 Å². The summed E-state index contributed by atoms with van der Waals surface area (Å²) < 4.78 is 66.7. The number of nitrogens with zero attached hydrogens (tertiary/aromatic N) is 1. The summed E-state index contributed by atoms with van der Waals surface area (Å²) in [6.07, 6.45) is -1.14. The molecular weight excluding hydrogens is 353 g/mol. The Labute approximate surface area is 134 Å². The molecular formula is C13H15F3N2O3S2. The summed E-state index contributed by atoms with van der Waals surface area (Å²) >= 11 is 1.13. The molecule has 1 aliphatic rings. The smallest absolute Gasteiger partial charge is 0.317 e. The standard InChI is InChI=1S/C12H11F3N2S.CH4O3S/c13-12(14,15)8-5-7-3-1-2-4-17-10(7)9(6-8)18-11(17)16;1-5(2,3)4/h5-6,16H,1-4H2;1H3,(H,2,3,4). The van der Waals surface area contributed by atoms with Crippen LogP contribution < -0.4 is 4.80 Å². The fraction of sp³-hybridized carbons (Fsp3) is 0.462. The van der Waals surface area contributed by atoms with Gasteiger partial charge in [-0.15, -0.1) is 0 Å². The van der Waals surface area contributed by atoms with Crippen molar-refractivity contribution < 1.29 is 26.1 Å². The first-order valence-electron chi connectivity index (χ1n) is 6.67. The van der Waals surface area contributed by atoms with E-state index in [9.17, 15) is 21.6 Å². The van der Waals surface area contributed by atoms with Crippen LogP contribution in [-0.2, 0) is 29.3 Å². The van der Waals surface area contributed by atoms with Gasteiger partial charge in [0, 0.05) is 6.54 Å². The molecule has 2 aromatic rings. The molecule has 1 aromatic heterocycles. The second-order valence-electron chi connectivity index (χ2n) is 5.23. The zero-order chi connectivity index (χ0) is 17.4. The van der Waals surface area contributed by atoms with Crippen LogP contribution in [0.4, 0.5) is 13.2 Å². The van der Waals surface area contributed by atoms with E-state index in [-0.39, 0.29) is 0 Å². The number of nitrogens with one attached hydrogen (secondary N) is 1. The van der Waals surface area contributed by atoms with E-state index in [1.807, 2.05) is 4.57 Å². The summed E-state index contributed by atoms with van der Waals surface area (Å²) in [6, 6.07) is 2.42. The van der Waals surface area contributed by atoms with Gasteiger partial charge in [-0.3, -0.25) is 9.96 Å². The van der Waals surface area contributed by atoms with Crippen LogP contribution in [0, 0.1) is 5.41 Å². The first-order chi connectivity index (χ1) is 10.5. The molecule has 0 fully saturated rings. The predicted octanol–water partition coefficient (Wildman–Crippen LogP) is 3.04. The number of halogens is 3. The highest BCUT2D eigenvalue weighted by atomic mass is 32.2. The van der Waals surface area contributed by atoms with E-state index in [0.29, 0.717) is 22.2 Å². The van der Waals surface area contributed by atoms with E-state index in [4.69, 9.17) is 9.96 Å². The molecule has 0 unspecified atom stereocenters. The normalized spacial score (nSPS) is 15.0. The van der Waals surface area contributed by atoms with Crippen molar-refractivity contribution in [1.82, 2.24) is 4.57 Å². The number of hydrogen-bond donors (Lipinski definition) is 2. The molecule has 0 bridgehead atoms. The summed E-state index contributed by atoms with van der Waals surface area (Å²) in [5.41, 5.74) is 0.961. The molecule has 2 N–H and O–H groups in total. The molecule has 5 nitrogen and oxygen atoms in total. The van der Waals surface area contributed by atoms with E-state index < -0.39 is 21.9 Å². The number of thiazole rings is 1. The largest absolute Gasteiger partial charge is 0.416 e. The van der Waals surface area contributed by atoms with Gasteiger partial charge >= 0.3 is 6.18 Å². The van der Waals surface area contributed by atoms with Gasteiger partial charge in [-0.2, -0.15) is 21.6 Å². The molecule has 0 aliphatic carbocycles. The third-order valence-corrected chi connectivity index (χ3v) is 4.23. The van der Waals surface area contributed by atoms with Crippen molar-refractivity contribution in [2.45, 2.75) is 32.0 Å². The SMILES string of the molecule is CS(=O)(=O)O.N=c1sc2cc(C(F)(F)F)cc3c2n1CCCC3. The molecule has 0 saturated carbocycles. The minimum Gasteiger partial charge on any atom is -0.317 e. The van der Waals surface area contributed by atoms with Crippen molar-refractivity contribution in [3.63, 3.8) is 0 Å². The lowest BCUT2D eigenvalue weighted by atomic mass is 10.0. The van der Waals surface area contributed by atoms with Gasteiger partial charge in [-0.05, 0) is 37.0 Å². The molecule has 0 atom stereocenters. The van der Waals surface area contributed by atoms with Crippen molar-refractivity contribution in [1.29, 1.82) is 5.41 Å². The van der Waals surface area contributed by atoms with Gasteiger partial charge in [0.15, 0.2) is 4.80 Å². The van der Waals surface area contributed by atoms with Crippen LogP contribution in [-0.4, -0.2) is 23.8 Å². The van der Waals surface area contributed by atoms with Gasteiger partial charge in [0.05, 0.1) is 22.0 Å². The average molecular weight is 368 g/mol. The maximum Gasteiger partial charge on any atom is 0.416 e. The van der Waals surface area contributed by atoms with Gasteiger partial charge < -0.3 is 4.57 Å². The Bertz CT molecular complexity index is 874. The Morgan fingerprint density at radius 1 is 1.30 bits per heavy atom. The summed E-state index contributed by atoms with van der Waals surface area (Å²) in [5.74, 6) is 0. The van der Waals surface area contributed by atoms with Crippen LogP contribution in [0.2, 0.25) is 0 Å². The maximum absolute atomic E-state index is 12.8. The van der Waals surface area contributed by atoms with Crippen molar-refractivity contribution in [2.75, 3.05) is 6.26 Å². The van der Waals surface area contributed by atoms with Gasteiger partial charge in [0.1, 0.15) is 0 Å². The van der Waals surface area contributed by atoms with Gasteiger partial charge in [0.25, 0.3) is 10.1 Å². The van der Waals surface area contributed by atoms with Gasteiger partial charge in [-0.25, -0.2) is 0 Å². The molecule has 128 valence electrons. The Balaban J connectivity index is 0.000000338. The van der Waals surface area contributed by atoms with E-state index >= 15 is 0 Å². The number of aryl methyl sites for hydroxylation is 2. The first-order valence-corrected chi connectivity index (χ1v) is 9.34. The molecule has 0 radical (unpaired) electrons. The highest BCUT2D eigenvalue weighted by Crippen LogP contribution is 2.35. The quantitative estimate of drug-likeness (QED) is 0.701. The second-order valence-corrected chi connectivity index (χ2v) is 7.73. The highest BCUT2D eigenvalue weighted by molar-refractivity contribution is 7.85. The number of aromatic nitrogens is 1. The fourth-order valence-corrected chi connectivity index (χ4v) is 3.49. The van der Waals surface area contributed by atoms with Crippen LogP contribution in [0.3, 0.4) is 0 Å². The zero-order valence-electron chi connectivity index (χ0n) is 12.1. The lowest BCUT2D eigenvalue weighted by Gasteiger charge is -2.10. The second kappa shape index (κ2) is 6.25. The zero-order valence-corrected chi connectivity index (χ0v) is 13.8. The number of hydrogen-bond acceptors (Lipinski definition) is 4. The maximum atomic E-state index is 12.8. The van der Waals surface area contributed by atoms with E-state index in [2.05, 4.69) is 0 Å². The van der Waals surface area contributed by atoms with Crippen LogP contribution >= 0.6 is 11.3 Å². The van der Waals surface area contributed by atoms with E-state index in [1.165, 1.54) is 12.1 Å². The molecule has 0 saturated heterocycles. The Hall–Kier alpha value is -1.39. The van der Waals surface area contributed by atoms with Crippen molar-refractivity contribution in [2.24, 2.45) is 0 Å². The Morgan fingerprint density at radius 3 is 2.48 bits per heavy atom. The lowest BCUT2D eigenvalue weighted by molar-refractivity contribution is -0.137. The summed E-state index contributed by atoms with van der Waals surface area (Å²) in [7, 11) is -3.67. The average Bonchev–Trinajstić information content (AvgIpc) is 2.55. The van der Waals surface area contributed by atoms with Gasteiger partial charge in [0.2, 0.25) is 0 Å². The summed E-state index contributed by atoms with van der Waals surface area (Å²) in [4.78, 5) is 0.340.